The Morgan fingerprint density at radius 1 is 1.45 bits per heavy atom. The summed E-state index contributed by atoms with van der Waals surface area (Å²) in [5, 5.41) is 8.98. The first-order valence-corrected chi connectivity index (χ1v) is 6.93. The van der Waals surface area contributed by atoms with Gasteiger partial charge in [-0.15, -0.1) is 0 Å². The number of carboxylic acids is 1. The Morgan fingerprint density at radius 3 is 2.80 bits per heavy atom. The molecule has 1 aliphatic rings. The predicted molar refractivity (Wildman–Crippen MR) is 76.9 cm³/mol. The van der Waals surface area contributed by atoms with Gasteiger partial charge >= 0.3 is 5.97 Å². The van der Waals surface area contributed by atoms with Crippen LogP contribution >= 0.6 is 0 Å². The van der Waals surface area contributed by atoms with Crippen molar-refractivity contribution in [2.75, 3.05) is 18.0 Å². The number of benzene rings is 1. The second-order valence-corrected chi connectivity index (χ2v) is 5.16. The summed E-state index contributed by atoms with van der Waals surface area (Å²) in [5.41, 5.74) is 7.68. The zero-order chi connectivity index (χ0) is 14.7. The Labute approximate surface area is 118 Å². The van der Waals surface area contributed by atoms with Crippen LogP contribution in [0, 0.1) is 5.92 Å². The van der Waals surface area contributed by atoms with Crippen LogP contribution in [0.25, 0.3) is 0 Å². The first-order valence-electron chi connectivity index (χ1n) is 6.93. The first-order chi connectivity index (χ1) is 9.56. The molecule has 2 rings (SSSR count). The smallest absolute Gasteiger partial charge is 0.335 e. The number of fused-ring (bicyclic) bond motifs is 1. The van der Waals surface area contributed by atoms with E-state index >= 15 is 0 Å². The predicted octanol–water partition coefficient (Wildman–Crippen LogP) is 1.65. The van der Waals surface area contributed by atoms with Gasteiger partial charge in [0.1, 0.15) is 0 Å². The van der Waals surface area contributed by atoms with E-state index in [9.17, 15) is 9.59 Å². The van der Waals surface area contributed by atoms with E-state index in [1.165, 1.54) is 0 Å². The SMILES string of the molecule is CCC(CN)CC(=O)N1CCc2cc(C(=O)O)ccc21. The van der Waals surface area contributed by atoms with E-state index in [0.717, 1.165) is 17.7 Å². The van der Waals surface area contributed by atoms with E-state index in [0.29, 0.717) is 25.9 Å². The third-order valence-corrected chi connectivity index (χ3v) is 3.90. The number of amides is 1. The number of hydrogen-bond donors (Lipinski definition) is 2. The topological polar surface area (TPSA) is 83.6 Å². The van der Waals surface area contributed by atoms with Crippen molar-refractivity contribution in [1.29, 1.82) is 0 Å². The summed E-state index contributed by atoms with van der Waals surface area (Å²) in [4.78, 5) is 25.0. The molecule has 1 atom stereocenters. The van der Waals surface area contributed by atoms with Crippen LogP contribution in [0.15, 0.2) is 18.2 Å². The van der Waals surface area contributed by atoms with Gasteiger partial charge in [0.15, 0.2) is 0 Å². The van der Waals surface area contributed by atoms with Gasteiger partial charge in [-0.1, -0.05) is 13.3 Å². The summed E-state index contributed by atoms with van der Waals surface area (Å²) in [7, 11) is 0. The number of rotatable bonds is 5. The average Bonchev–Trinajstić information content (AvgIpc) is 2.87. The molecule has 1 aromatic rings. The van der Waals surface area contributed by atoms with Crippen LogP contribution < -0.4 is 10.6 Å². The molecule has 3 N–H and O–H groups in total. The number of nitrogens with two attached hydrogens (primary N) is 1. The van der Waals surface area contributed by atoms with Gasteiger partial charge < -0.3 is 15.7 Å². The number of carbonyl (C=O) groups excluding carboxylic acids is 1. The lowest BCUT2D eigenvalue weighted by Gasteiger charge is -2.20. The van der Waals surface area contributed by atoms with Crippen molar-refractivity contribution in [1.82, 2.24) is 0 Å². The maximum atomic E-state index is 12.3. The zero-order valence-corrected chi connectivity index (χ0v) is 11.6. The molecule has 5 heteroatoms. The van der Waals surface area contributed by atoms with Crippen molar-refractivity contribution < 1.29 is 14.7 Å². The molecule has 0 saturated carbocycles. The Morgan fingerprint density at radius 2 is 2.20 bits per heavy atom. The second-order valence-electron chi connectivity index (χ2n) is 5.16. The number of hydrogen-bond acceptors (Lipinski definition) is 3. The number of aromatic carboxylic acids is 1. The van der Waals surface area contributed by atoms with E-state index in [2.05, 4.69) is 0 Å². The minimum absolute atomic E-state index is 0.0733. The molecular formula is C15H20N2O3. The fourth-order valence-corrected chi connectivity index (χ4v) is 2.55. The molecule has 0 radical (unpaired) electrons. The Balaban J connectivity index is 2.15. The van der Waals surface area contributed by atoms with E-state index < -0.39 is 5.97 Å². The lowest BCUT2D eigenvalue weighted by Crippen LogP contribution is -2.32. The normalized spacial score (nSPS) is 15.0. The summed E-state index contributed by atoms with van der Waals surface area (Å²) < 4.78 is 0. The van der Waals surface area contributed by atoms with Gasteiger partial charge in [-0.05, 0) is 42.6 Å². The molecule has 20 heavy (non-hydrogen) atoms. The molecule has 1 amide bonds. The van der Waals surface area contributed by atoms with E-state index in [4.69, 9.17) is 10.8 Å². The lowest BCUT2D eigenvalue weighted by atomic mass is 10.0. The average molecular weight is 276 g/mol. The molecule has 0 fully saturated rings. The fourth-order valence-electron chi connectivity index (χ4n) is 2.55. The quantitative estimate of drug-likeness (QED) is 0.856. The summed E-state index contributed by atoms with van der Waals surface area (Å²) >= 11 is 0. The molecule has 1 unspecified atom stereocenters. The maximum Gasteiger partial charge on any atom is 0.335 e. The summed E-state index contributed by atoms with van der Waals surface area (Å²) in [6, 6.07) is 4.94. The van der Waals surface area contributed by atoms with Crippen molar-refractivity contribution in [3.63, 3.8) is 0 Å². The fraction of sp³-hybridized carbons (Fsp3) is 0.467. The van der Waals surface area contributed by atoms with E-state index in [1.54, 1.807) is 23.1 Å². The summed E-state index contributed by atoms with van der Waals surface area (Å²) in [5.74, 6) is -0.652. The van der Waals surface area contributed by atoms with Crippen LogP contribution in [0.4, 0.5) is 5.69 Å². The van der Waals surface area contributed by atoms with Gasteiger partial charge in [-0.3, -0.25) is 4.79 Å². The van der Waals surface area contributed by atoms with Crippen LogP contribution in [0.1, 0.15) is 35.7 Å². The highest BCUT2D eigenvalue weighted by molar-refractivity contribution is 5.97. The van der Waals surface area contributed by atoms with Crippen LogP contribution in [-0.2, 0) is 11.2 Å². The van der Waals surface area contributed by atoms with Gasteiger partial charge in [0.25, 0.3) is 0 Å². The van der Waals surface area contributed by atoms with Gasteiger partial charge in [0.2, 0.25) is 5.91 Å². The summed E-state index contributed by atoms with van der Waals surface area (Å²) in [6.45, 7) is 3.17. The molecule has 0 aromatic heterocycles. The van der Waals surface area contributed by atoms with Crippen molar-refractivity contribution >= 4 is 17.6 Å². The minimum atomic E-state index is -0.938. The first kappa shape index (κ1) is 14.5. The number of nitrogens with zero attached hydrogens (tertiary/aromatic N) is 1. The van der Waals surface area contributed by atoms with Crippen LogP contribution in [0.5, 0.6) is 0 Å². The van der Waals surface area contributed by atoms with Crippen LogP contribution in [0.3, 0.4) is 0 Å². The Kier molecular flexibility index (Phi) is 4.39. The van der Waals surface area contributed by atoms with E-state index in [1.807, 2.05) is 6.92 Å². The zero-order valence-electron chi connectivity index (χ0n) is 11.6. The van der Waals surface area contributed by atoms with Gasteiger partial charge in [0.05, 0.1) is 5.56 Å². The molecule has 0 spiro atoms. The highest BCUT2D eigenvalue weighted by Gasteiger charge is 2.26. The lowest BCUT2D eigenvalue weighted by molar-refractivity contribution is -0.119. The maximum absolute atomic E-state index is 12.3. The third kappa shape index (κ3) is 2.82. The van der Waals surface area contributed by atoms with Crippen molar-refractivity contribution in [3.05, 3.63) is 29.3 Å². The number of carbonyl (C=O) groups is 2. The van der Waals surface area contributed by atoms with Gasteiger partial charge in [0, 0.05) is 18.7 Å². The molecular weight excluding hydrogens is 256 g/mol. The highest BCUT2D eigenvalue weighted by atomic mass is 16.4. The molecule has 1 aliphatic heterocycles. The third-order valence-electron chi connectivity index (χ3n) is 3.90. The van der Waals surface area contributed by atoms with Crippen molar-refractivity contribution in [2.24, 2.45) is 11.7 Å². The summed E-state index contributed by atoms with van der Waals surface area (Å²) in [6.07, 6.45) is 2.05. The Hall–Kier alpha value is -1.88. The molecule has 1 aromatic carbocycles. The van der Waals surface area contributed by atoms with E-state index in [-0.39, 0.29) is 17.4 Å². The molecule has 5 nitrogen and oxygen atoms in total. The van der Waals surface area contributed by atoms with Crippen molar-refractivity contribution in [2.45, 2.75) is 26.2 Å². The number of anilines is 1. The molecule has 1 heterocycles. The molecule has 0 saturated heterocycles. The standard InChI is InChI=1S/C15H20N2O3/c1-2-10(9-16)7-14(18)17-6-5-11-8-12(15(19)20)3-4-13(11)17/h3-4,8,10H,2,5-7,9,16H2,1H3,(H,19,20). The monoisotopic (exact) mass is 276 g/mol. The highest BCUT2D eigenvalue weighted by Crippen LogP contribution is 2.30. The largest absolute Gasteiger partial charge is 0.478 e. The van der Waals surface area contributed by atoms with Crippen molar-refractivity contribution in [3.8, 4) is 0 Å². The number of carboxylic acid groups (broad SMARTS) is 1. The van der Waals surface area contributed by atoms with Gasteiger partial charge in [-0.2, -0.15) is 0 Å². The molecule has 108 valence electrons. The van der Waals surface area contributed by atoms with Crippen LogP contribution in [0.2, 0.25) is 0 Å². The van der Waals surface area contributed by atoms with Crippen LogP contribution in [-0.4, -0.2) is 30.1 Å². The molecule has 0 aliphatic carbocycles. The second kappa shape index (κ2) is 6.05. The minimum Gasteiger partial charge on any atom is -0.478 e. The molecule has 0 bridgehead atoms. The van der Waals surface area contributed by atoms with Gasteiger partial charge in [-0.25, -0.2) is 4.79 Å². The Bertz CT molecular complexity index is 524.